The van der Waals surface area contributed by atoms with Gasteiger partial charge in [0.05, 0.1) is 8.95 Å². The maximum atomic E-state index is 14.2. The SMILES string of the molecule is Fc1cc(-c2ccccc2)c(F)cc1-c1ccccc1.Fc1cc(Br)c(F)cc1Br.OB(O)c1ccccc1. The molecule has 9 heteroatoms. The Labute approximate surface area is 241 Å². The molecular weight excluding hydrogens is 639 g/mol. The first-order valence-electron chi connectivity index (χ1n) is 11.5. The molecule has 0 aliphatic carbocycles. The zero-order valence-electron chi connectivity index (χ0n) is 20.2. The predicted octanol–water partition coefficient (Wildman–Crippen LogP) is 8.16. The van der Waals surface area contributed by atoms with Gasteiger partial charge in [0.25, 0.3) is 0 Å². The Kier molecular flexibility index (Phi) is 11.5. The Bertz CT molecular complexity index is 1370. The van der Waals surface area contributed by atoms with E-state index in [-0.39, 0.29) is 20.1 Å². The maximum absolute atomic E-state index is 14.2. The van der Waals surface area contributed by atoms with E-state index < -0.39 is 30.4 Å². The molecule has 5 rings (SSSR count). The summed E-state index contributed by atoms with van der Waals surface area (Å²) in [5.41, 5.74) is 2.43. The fraction of sp³-hybridized carbons (Fsp3) is 0. The molecule has 0 heterocycles. The fourth-order valence-corrected chi connectivity index (χ4v) is 3.98. The normalized spacial score (nSPS) is 10.1. The molecule has 0 radical (unpaired) electrons. The average molecular weight is 660 g/mol. The Balaban J connectivity index is 0.000000185. The van der Waals surface area contributed by atoms with Crippen LogP contribution in [0.4, 0.5) is 17.6 Å². The Morgan fingerprint density at radius 3 is 1.10 bits per heavy atom. The van der Waals surface area contributed by atoms with E-state index >= 15 is 0 Å². The molecular formula is C30H21BBr2F4O2. The van der Waals surface area contributed by atoms with E-state index in [1.165, 1.54) is 12.1 Å². The number of hydrogen-bond acceptors (Lipinski definition) is 2. The van der Waals surface area contributed by atoms with E-state index in [0.29, 0.717) is 16.6 Å². The quantitative estimate of drug-likeness (QED) is 0.117. The smallest absolute Gasteiger partial charge is 0.423 e. The summed E-state index contributed by atoms with van der Waals surface area (Å²) in [6, 6.07) is 31.3. The van der Waals surface area contributed by atoms with Crippen molar-refractivity contribution in [3.05, 3.63) is 147 Å². The van der Waals surface area contributed by atoms with Crippen molar-refractivity contribution in [2.24, 2.45) is 0 Å². The van der Waals surface area contributed by atoms with Crippen LogP contribution < -0.4 is 5.46 Å². The van der Waals surface area contributed by atoms with Crippen LogP contribution in [0.1, 0.15) is 0 Å². The minimum atomic E-state index is -1.34. The van der Waals surface area contributed by atoms with Crippen molar-refractivity contribution in [3.63, 3.8) is 0 Å². The van der Waals surface area contributed by atoms with Gasteiger partial charge in [-0.2, -0.15) is 0 Å². The third-order valence-corrected chi connectivity index (χ3v) is 6.50. The van der Waals surface area contributed by atoms with Crippen LogP contribution in [0, 0.1) is 23.3 Å². The Hall–Kier alpha value is -3.24. The van der Waals surface area contributed by atoms with Crippen molar-refractivity contribution in [2.45, 2.75) is 0 Å². The first-order chi connectivity index (χ1) is 18.7. The van der Waals surface area contributed by atoms with Crippen LogP contribution in [0.5, 0.6) is 0 Å². The lowest BCUT2D eigenvalue weighted by Gasteiger charge is -2.08. The lowest BCUT2D eigenvalue weighted by Crippen LogP contribution is -2.29. The van der Waals surface area contributed by atoms with Crippen LogP contribution in [0.3, 0.4) is 0 Å². The lowest BCUT2D eigenvalue weighted by atomic mass is 9.81. The summed E-state index contributed by atoms with van der Waals surface area (Å²) in [5, 5.41) is 17.2. The predicted molar refractivity (Wildman–Crippen MR) is 155 cm³/mol. The molecule has 0 atom stereocenters. The van der Waals surface area contributed by atoms with Gasteiger partial charge in [0, 0.05) is 11.1 Å². The summed E-state index contributed by atoms with van der Waals surface area (Å²) in [6.07, 6.45) is 0. The molecule has 0 unspecified atom stereocenters. The molecule has 0 aliphatic rings. The second-order valence-corrected chi connectivity index (χ2v) is 9.72. The minimum absolute atomic E-state index is 0.133. The number of hydrogen-bond donors (Lipinski definition) is 2. The molecule has 2 N–H and O–H groups in total. The Morgan fingerprint density at radius 1 is 0.462 bits per heavy atom. The van der Waals surface area contributed by atoms with Gasteiger partial charge in [-0.15, -0.1) is 0 Å². The summed E-state index contributed by atoms with van der Waals surface area (Å²) in [4.78, 5) is 0. The van der Waals surface area contributed by atoms with Gasteiger partial charge < -0.3 is 10.0 Å². The molecule has 0 fully saturated rings. The molecule has 2 nitrogen and oxygen atoms in total. The molecule has 5 aromatic rings. The second kappa shape index (κ2) is 14.8. The second-order valence-electron chi connectivity index (χ2n) is 8.01. The van der Waals surface area contributed by atoms with Gasteiger partial charge in [-0.1, -0.05) is 91.0 Å². The highest BCUT2D eigenvalue weighted by molar-refractivity contribution is 9.11. The number of rotatable bonds is 3. The monoisotopic (exact) mass is 658 g/mol. The standard InChI is InChI=1S/C18H12F2.C6H7BO2.C6H2Br2F2/c19-17-12-16(14-9-5-2-6-10-14)18(20)11-15(17)13-7-3-1-4-8-13;8-7(9)6-4-2-1-3-5-6;7-3-1-5(9)4(8)2-6(3)10/h1-12H;1-5,8-9H;1-2H. The molecule has 0 bridgehead atoms. The summed E-state index contributed by atoms with van der Waals surface area (Å²) in [6.45, 7) is 0. The van der Waals surface area contributed by atoms with Crippen LogP contribution in [0.25, 0.3) is 22.3 Å². The molecule has 0 aromatic heterocycles. The van der Waals surface area contributed by atoms with Crippen molar-refractivity contribution in [1.29, 1.82) is 0 Å². The average Bonchev–Trinajstić information content (AvgIpc) is 2.95. The summed E-state index contributed by atoms with van der Waals surface area (Å²) in [5.74, 6) is -1.80. The molecule has 0 saturated heterocycles. The Morgan fingerprint density at radius 2 is 0.795 bits per heavy atom. The fourth-order valence-electron chi connectivity index (χ4n) is 3.35. The molecule has 0 aliphatic heterocycles. The van der Waals surface area contributed by atoms with Crippen molar-refractivity contribution in [1.82, 2.24) is 0 Å². The van der Waals surface area contributed by atoms with Crippen LogP contribution in [0.15, 0.2) is 124 Å². The third-order valence-electron chi connectivity index (χ3n) is 5.29. The number of halogens is 6. The lowest BCUT2D eigenvalue weighted by molar-refractivity contribution is 0.426. The van der Waals surface area contributed by atoms with Crippen molar-refractivity contribution < 1.29 is 27.6 Å². The highest BCUT2D eigenvalue weighted by Crippen LogP contribution is 2.30. The summed E-state index contributed by atoms with van der Waals surface area (Å²) >= 11 is 5.69. The number of benzene rings is 5. The van der Waals surface area contributed by atoms with Gasteiger partial charge >= 0.3 is 7.12 Å². The molecule has 0 saturated carbocycles. The van der Waals surface area contributed by atoms with Crippen molar-refractivity contribution in [2.75, 3.05) is 0 Å². The van der Waals surface area contributed by atoms with E-state index in [0.717, 1.165) is 12.1 Å². The highest BCUT2D eigenvalue weighted by atomic mass is 79.9. The van der Waals surface area contributed by atoms with Gasteiger partial charge in [-0.25, -0.2) is 17.6 Å². The van der Waals surface area contributed by atoms with Gasteiger partial charge in [0.15, 0.2) is 0 Å². The minimum Gasteiger partial charge on any atom is -0.423 e. The topological polar surface area (TPSA) is 40.5 Å². The molecule has 198 valence electrons. The van der Waals surface area contributed by atoms with Crippen LogP contribution in [0.2, 0.25) is 0 Å². The van der Waals surface area contributed by atoms with Crippen LogP contribution in [-0.4, -0.2) is 17.2 Å². The zero-order valence-corrected chi connectivity index (χ0v) is 23.4. The van der Waals surface area contributed by atoms with Crippen LogP contribution in [-0.2, 0) is 0 Å². The van der Waals surface area contributed by atoms with E-state index in [1.807, 2.05) is 18.2 Å². The van der Waals surface area contributed by atoms with Crippen molar-refractivity contribution >= 4 is 44.4 Å². The molecule has 0 amide bonds. The van der Waals surface area contributed by atoms with Gasteiger partial charge in [-0.05, 0) is 72.7 Å². The summed E-state index contributed by atoms with van der Waals surface area (Å²) in [7, 11) is -1.34. The molecule has 5 aromatic carbocycles. The van der Waals surface area contributed by atoms with Gasteiger partial charge in [0.2, 0.25) is 0 Å². The van der Waals surface area contributed by atoms with E-state index in [1.54, 1.807) is 72.8 Å². The van der Waals surface area contributed by atoms with Crippen molar-refractivity contribution in [3.8, 4) is 22.3 Å². The third kappa shape index (κ3) is 8.90. The first kappa shape index (κ1) is 30.3. The van der Waals surface area contributed by atoms with E-state index in [9.17, 15) is 17.6 Å². The highest BCUT2D eigenvalue weighted by Gasteiger charge is 2.12. The maximum Gasteiger partial charge on any atom is 0.488 e. The van der Waals surface area contributed by atoms with E-state index in [4.69, 9.17) is 10.0 Å². The molecule has 39 heavy (non-hydrogen) atoms. The van der Waals surface area contributed by atoms with Gasteiger partial charge in [-0.3, -0.25) is 0 Å². The largest absolute Gasteiger partial charge is 0.488 e. The summed E-state index contributed by atoms with van der Waals surface area (Å²) < 4.78 is 53.8. The van der Waals surface area contributed by atoms with Gasteiger partial charge in [0.1, 0.15) is 23.3 Å². The zero-order chi connectivity index (χ0) is 28.4. The molecule has 0 spiro atoms. The first-order valence-corrected chi connectivity index (χ1v) is 13.1. The van der Waals surface area contributed by atoms with Crippen LogP contribution >= 0.6 is 31.9 Å². The van der Waals surface area contributed by atoms with E-state index in [2.05, 4.69) is 31.9 Å².